The Labute approximate surface area is 126 Å². The number of nitriles is 1. The second-order valence-corrected chi connectivity index (χ2v) is 4.70. The van der Waals surface area contributed by atoms with Gasteiger partial charge >= 0.3 is 0 Å². The molecule has 0 bridgehead atoms. The fourth-order valence-electron chi connectivity index (χ4n) is 1.97. The highest BCUT2D eigenvalue weighted by Crippen LogP contribution is 2.09. The number of likely N-dealkylation sites (N-methyl/N-ethyl adjacent to an activating group) is 1. The first-order valence-electron chi connectivity index (χ1n) is 7.42. The zero-order valence-corrected chi connectivity index (χ0v) is 12.9. The van der Waals surface area contributed by atoms with Crippen molar-refractivity contribution in [1.82, 2.24) is 10.2 Å². The van der Waals surface area contributed by atoms with Gasteiger partial charge in [0.25, 0.3) is 5.91 Å². The molecule has 1 aromatic carbocycles. The lowest BCUT2D eigenvalue weighted by Gasteiger charge is -2.18. The number of hydrogen-bond donors (Lipinski definition) is 2. The fourth-order valence-corrected chi connectivity index (χ4v) is 1.97. The van der Waals surface area contributed by atoms with Gasteiger partial charge in [0.15, 0.2) is 0 Å². The van der Waals surface area contributed by atoms with Crippen LogP contribution < -0.4 is 10.6 Å². The van der Waals surface area contributed by atoms with E-state index in [0.29, 0.717) is 25.1 Å². The van der Waals surface area contributed by atoms with Gasteiger partial charge in [0.1, 0.15) is 0 Å². The average Bonchev–Trinajstić information content (AvgIpc) is 2.52. The van der Waals surface area contributed by atoms with Crippen LogP contribution in [-0.4, -0.2) is 43.5 Å². The Hall–Kier alpha value is -2.06. The van der Waals surface area contributed by atoms with Gasteiger partial charge in [-0.3, -0.25) is 4.79 Å². The summed E-state index contributed by atoms with van der Waals surface area (Å²) in [5.74, 6) is -0.0502. The Kier molecular flexibility index (Phi) is 7.92. The number of carbonyl (C=O) groups excluding carboxylic acids is 1. The summed E-state index contributed by atoms with van der Waals surface area (Å²) in [4.78, 5) is 14.2. The number of rotatable bonds is 9. The summed E-state index contributed by atoms with van der Waals surface area (Å²) in [6.07, 6.45) is 0.466. The first kappa shape index (κ1) is 17.0. The van der Waals surface area contributed by atoms with Crippen LogP contribution >= 0.6 is 0 Å². The molecule has 0 aliphatic heterocycles. The summed E-state index contributed by atoms with van der Waals surface area (Å²) < 4.78 is 0. The SMILES string of the molecule is CCN(CC)CCNC(=O)c1ccc(NCCC#N)cc1. The van der Waals surface area contributed by atoms with Crippen LogP contribution in [0.15, 0.2) is 24.3 Å². The van der Waals surface area contributed by atoms with E-state index in [1.54, 1.807) is 12.1 Å². The van der Waals surface area contributed by atoms with Crippen LogP contribution in [0.5, 0.6) is 0 Å². The predicted molar refractivity (Wildman–Crippen MR) is 85.3 cm³/mol. The maximum Gasteiger partial charge on any atom is 0.251 e. The molecule has 0 aliphatic carbocycles. The third-order valence-corrected chi connectivity index (χ3v) is 3.32. The second-order valence-electron chi connectivity index (χ2n) is 4.70. The van der Waals surface area contributed by atoms with E-state index in [4.69, 9.17) is 5.26 Å². The molecule has 0 unspecified atom stereocenters. The van der Waals surface area contributed by atoms with Crippen molar-refractivity contribution in [1.29, 1.82) is 5.26 Å². The Morgan fingerprint density at radius 1 is 1.19 bits per heavy atom. The van der Waals surface area contributed by atoms with E-state index in [2.05, 4.69) is 35.5 Å². The minimum Gasteiger partial charge on any atom is -0.384 e. The van der Waals surface area contributed by atoms with Crippen molar-refractivity contribution in [2.75, 3.05) is 38.0 Å². The van der Waals surface area contributed by atoms with E-state index in [-0.39, 0.29) is 5.91 Å². The molecule has 0 spiro atoms. The zero-order chi connectivity index (χ0) is 15.5. The van der Waals surface area contributed by atoms with Crippen molar-refractivity contribution in [2.45, 2.75) is 20.3 Å². The number of anilines is 1. The lowest BCUT2D eigenvalue weighted by atomic mass is 10.2. The molecule has 114 valence electrons. The van der Waals surface area contributed by atoms with Crippen molar-refractivity contribution in [3.63, 3.8) is 0 Å². The number of carbonyl (C=O) groups is 1. The van der Waals surface area contributed by atoms with E-state index >= 15 is 0 Å². The van der Waals surface area contributed by atoms with Crippen LogP contribution in [0.4, 0.5) is 5.69 Å². The number of benzene rings is 1. The second kappa shape index (κ2) is 9.78. The van der Waals surface area contributed by atoms with E-state index in [9.17, 15) is 4.79 Å². The molecule has 0 fully saturated rings. The molecule has 21 heavy (non-hydrogen) atoms. The van der Waals surface area contributed by atoms with Crippen molar-refractivity contribution in [3.05, 3.63) is 29.8 Å². The standard InChI is InChI=1S/C16H24N4O/c1-3-20(4-2)13-12-19-16(21)14-6-8-15(9-7-14)18-11-5-10-17/h6-9,18H,3-5,11-13H2,1-2H3,(H,19,21). The van der Waals surface area contributed by atoms with Crippen molar-refractivity contribution in [2.24, 2.45) is 0 Å². The van der Waals surface area contributed by atoms with Gasteiger partial charge in [0.2, 0.25) is 0 Å². The van der Waals surface area contributed by atoms with E-state index < -0.39 is 0 Å². The molecule has 0 saturated heterocycles. The zero-order valence-electron chi connectivity index (χ0n) is 12.9. The molecule has 0 radical (unpaired) electrons. The molecule has 0 aromatic heterocycles. The highest BCUT2D eigenvalue weighted by atomic mass is 16.1. The molecule has 2 N–H and O–H groups in total. The quantitative estimate of drug-likeness (QED) is 0.683. The average molecular weight is 288 g/mol. The summed E-state index contributed by atoms with van der Waals surface area (Å²) in [7, 11) is 0. The summed E-state index contributed by atoms with van der Waals surface area (Å²) in [6.45, 7) is 8.36. The molecule has 1 rings (SSSR count). The molecule has 0 aliphatic rings. The summed E-state index contributed by atoms with van der Waals surface area (Å²) in [5.41, 5.74) is 1.57. The normalized spacial score (nSPS) is 10.2. The van der Waals surface area contributed by atoms with Gasteiger partial charge in [0.05, 0.1) is 12.5 Å². The minimum absolute atomic E-state index is 0.0502. The molecule has 0 heterocycles. The molecule has 0 saturated carbocycles. The Morgan fingerprint density at radius 2 is 1.86 bits per heavy atom. The van der Waals surface area contributed by atoms with Gasteiger partial charge in [-0.1, -0.05) is 13.8 Å². The van der Waals surface area contributed by atoms with Gasteiger partial charge in [-0.25, -0.2) is 0 Å². The summed E-state index contributed by atoms with van der Waals surface area (Å²) >= 11 is 0. The van der Waals surface area contributed by atoms with Crippen LogP contribution in [0.2, 0.25) is 0 Å². The lowest BCUT2D eigenvalue weighted by molar-refractivity contribution is 0.0949. The van der Waals surface area contributed by atoms with Crippen LogP contribution in [0.1, 0.15) is 30.6 Å². The molecule has 1 amide bonds. The third kappa shape index (κ3) is 6.28. The summed E-state index contributed by atoms with van der Waals surface area (Å²) in [5, 5.41) is 14.5. The van der Waals surface area contributed by atoms with E-state index in [1.807, 2.05) is 12.1 Å². The molecule has 0 atom stereocenters. The number of nitrogens with zero attached hydrogens (tertiary/aromatic N) is 2. The molecule has 5 nitrogen and oxygen atoms in total. The Balaban J connectivity index is 2.39. The van der Waals surface area contributed by atoms with E-state index in [0.717, 1.165) is 25.3 Å². The van der Waals surface area contributed by atoms with E-state index in [1.165, 1.54) is 0 Å². The van der Waals surface area contributed by atoms with Gasteiger partial charge in [-0.15, -0.1) is 0 Å². The summed E-state index contributed by atoms with van der Waals surface area (Å²) in [6, 6.07) is 9.38. The highest BCUT2D eigenvalue weighted by molar-refractivity contribution is 5.94. The topological polar surface area (TPSA) is 68.2 Å². The molecule has 5 heteroatoms. The Bertz CT molecular complexity index is 460. The first-order chi connectivity index (χ1) is 10.2. The fraction of sp³-hybridized carbons (Fsp3) is 0.500. The third-order valence-electron chi connectivity index (χ3n) is 3.32. The van der Waals surface area contributed by atoms with Crippen molar-refractivity contribution >= 4 is 11.6 Å². The van der Waals surface area contributed by atoms with Gasteiger partial charge < -0.3 is 15.5 Å². The largest absolute Gasteiger partial charge is 0.384 e. The first-order valence-corrected chi connectivity index (χ1v) is 7.42. The van der Waals surface area contributed by atoms with Crippen LogP contribution in [0, 0.1) is 11.3 Å². The van der Waals surface area contributed by atoms with Crippen LogP contribution in [-0.2, 0) is 0 Å². The predicted octanol–water partition coefficient (Wildman–Crippen LogP) is 2.08. The molecular weight excluding hydrogens is 264 g/mol. The van der Waals surface area contributed by atoms with Gasteiger partial charge in [-0.2, -0.15) is 5.26 Å². The minimum atomic E-state index is -0.0502. The van der Waals surface area contributed by atoms with Gasteiger partial charge in [-0.05, 0) is 37.4 Å². The maximum atomic E-state index is 12.0. The van der Waals surface area contributed by atoms with Crippen LogP contribution in [0.3, 0.4) is 0 Å². The monoisotopic (exact) mass is 288 g/mol. The highest BCUT2D eigenvalue weighted by Gasteiger charge is 2.05. The smallest absolute Gasteiger partial charge is 0.251 e. The van der Waals surface area contributed by atoms with Crippen molar-refractivity contribution < 1.29 is 4.79 Å². The maximum absolute atomic E-state index is 12.0. The lowest BCUT2D eigenvalue weighted by Crippen LogP contribution is -2.34. The number of hydrogen-bond acceptors (Lipinski definition) is 4. The number of amides is 1. The van der Waals surface area contributed by atoms with Crippen LogP contribution in [0.25, 0.3) is 0 Å². The molecule has 1 aromatic rings. The van der Waals surface area contributed by atoms with Crippen molar-refractivity contribution in [3.8, 4) is 6.07 Å². The Morgan fingerprint density at radius 3 is 2.43 bits per heavy atom. The number of nitrogens with one attached hydrogen (secondary N) is 2. The molecular formula is C16H24N4O. The van der Waals surface area contributed by atoms with Gasteiger partial charge in [0, 0.05) is 30.9 Å².